The molecule has 0 saturated carbocycles. The fraction of sp³-hybridized carbons (Fsp3) is 0.533. The molecule has 104 valence electrons. The van der Waals surface area contributed by atoms with Gasteiger partial charge in [0.25, 0.3) is 5.91 Å². The summed E-state index contributed by atoms with van der Waals surface area (Å²) in [6.07, 6.45) is 2.96. The summed E-state index contributed by atoms with van der Waals surface area (Å²) in [5.74, 6) is -0.00907. The van der Waals surface area contributed by atoms with E-state index in [0.717, 1.165) is 37.1 Å². The first-order valence-corrected chi connectivity index (χ1v) is 6.91. The highest BCUT2D eigenvalue weighted by Gasteiger charge is 2.16. The van der Waals surface area contributed by atoms with Gasteiger partial charge in [-0.15, -0.1) is 0 Å². The van der Waals surface area contributed by atoms with E-state index in [2.05, 4.69) is 17.6 Å². The minimum absolute atomic E-state index is 0.00907. The number of rotatable bonds is 6. The zero-order valence-corrected chi connectivity index (χ0v) is 11.7. The van der Waals surface area contributed by atoms with Crippen molar-refractivity contribution in [3.63, 3.8) is 0 Å². The van der Waals surface area contributed by atoms with Gasteiger partial charge in [0.2, 0.25) is 0 Å². The van der Waals surface area contributed by atoms with Gasteiger partial charge in [-0.05, 0) is 36.6 Å². The first-order chi connectivity index (χ1) is 9.24. The van der Waals surface area contributed by atoms with E-state index in [4.69, 9.17) is 4.74 Å². The van der Waals surface area contributed by atoms with Crippen molar-refractivity contribution in [2.24, 2.45) is 0 Å². The summed E-state index contributed by atoms with van der Waals surface area (Å²) in [6, 6.07) is 5.94. The lowest BCUT2D eigenvalue weighted by atomic mass is 10.1. The van der Waals surface area contributed by atoms with Crippen LogP contribution >= 0.6 is 0 Å². The van der Waals surface area contributed by atoms with Crippen molar-refractivity contribution in [3.8, 4) is 0 Å². The number of hydrogen-bond donors (Lipinski definition) is 2. The van der Waals surface area contributed by atoms with Crippen LogP contribution < -0.4 is 10.6 Å². The predicted octanol–water partition coefficient (Wildman–Crippen LogP) is 2.20. The number of hydrogen-bond acceptors (Lipinski definition) is 3. The van der Waals surface area contributed by atoms with E-state index < -0.39 is 0 Å². The Hall–Kier alpha value is -1.55. The Morgan fingerprint density at radius 2 is 2.37 bits per heavy atom. The van der Waals surface area contributed by atoms with Crippen LogP contribution in [0.1, 0.15) is 35.7 Å². The summed E-state index contributed by atoms with van der Waals surface area (Å²) in [6.45, 7) is 3.63. The Balaban J connectivity index is 2.02. The van der Waals surface area contributed by atoms with Gasteiger partial charge in [-0.2, -0.15) is 0 Å². The van der Waals surface area contributed by atoms with Crippen LogP contribution in [0.3, 0.4) is 0 Å². The summed E-state index contributed by atoms with van der Waals surface area (Å²) in [7, 11) is 1.66. The molecule has 1 aliphatic rings. The Bertz CT molecular complexity index is 440. The molecule has 4 heteroatoms. The molecule has 0 aromatic heterocycles. The lowest BCUT2D eigenvalue weighted by Crippen LogP contribution is -2.37. The molecule has 4 nitrogen and oxygen atoms in total. The largest absolute Gasteiger partial charge is 0.384 e. The molecule has 0 fully saturated rings. The van der Waals surface area contributed by atoms with Crippen molar-refractivity contribution in [2.75, 3.05) is 25.6 Å². The van der Waals surface area contributed by atoms with E-state index in [-0.39, 0.29) is 11.9 Å². The van der Waals surface area contributed by atoms with E-state index in [0.29, 0.717) is 6.61 Å². The fourth-order valence-corrected chi connectivity index (χ4v) is 2.46. The maximum absolute atomic E-state index is 12.2. The third-order valence-corrected chi connectivity index (χ3v) is 3.42. The molecule has 1 unspecified atom stereocenters. The van der Waals surface area contributed by atoms with Crippen molar-refractivity contribution in [2.45, 2.75) is 32.2 Å². The highest BCUT2D eigenvalue weighted by atomic mass is 16.5. The van der Waals surface area contributed by atoms with Crippen molar-refractivity contribution in [1.29, 1.82) is 0 Å². The molecule has 1 aromatic rings. The van der Waals surface area contributed by atoms with Gasteiger partial charge in [-0.3, -0.25) is 4.79 Å². The van der Waals surface area contributed by atoms with E-state index in [1.807, 2.05) is 18.2 Å². The number of carbonyl (C=O) groups is 1. The van der Waals surface area contributed by atoms with Crippen molar-refractivity contribution in [3.05, 3.63) is 29.3 Å². The maximum atomic E-state index is 12.2. The Morgan fingerprint density at radius 1 is 1.53 bits per heavy atom. The lowest BCUT2D eigenvalue weighted by Gasteiger charge is -2.17. The fourth-order valence-electron chi connectivity index (χ4n) is 2.46. The molecule has 0 radical (unpaired) electrons. The third kappa shape index (κ3) is 3.47. The van der Waals surface area contributed by atoms with Gasteiger partial charge in [-0.1, -0.05) is 13.3 Å². The van der Waals surface area contributed by atoms with Gasteiger partial charge in [0.05, 0.1) is 12.6 Å². The molecule has 2 rings (SSSR count). The molecule has 0 spiro atoms. The Labute approximate surface area is 114 Å². The predicted molar refractivity (Wildman–Crippen MR) is 76.7 cm³/mol. The van der Waals surface area contributed by atoms with Gasteiger partial charge < -0.3 is 15.4 Å². The quantitative estimate of drug-likeness (QED) is 0.826. The number of nitrogens with one attached hydrogen (secondary N) is 2. The minimum Gasteiger partial charge on any atom is -0.384 e. The van der Waals surface area contributed by atoms with Gasteiger partial charge in [0.15, 0.2) is 0 Å². The molecule has 19 heavy (non-hydrogen) atoms. The number of anilines is 1. The van der Waals surface area contributed by atoms with Crippen molar-refractivity contribution in [1.82, 2.24) is 5.32 Å². The molecule has 0 saturated heterocycles. The SMILES string of the molecule is CCCC(COC)NC(=O)c1ccc2c(c1)CCN2. The average Bonchev–Trinajstić information content (AvgIpc) is 2.86. The van der Waals surface area contributed by atoms with Gasteiger partial charge >= 0.3 is 0 Å². The molecule has 1 atom stereocenters. The van der Waals surface area contributed by atoms with Crippen LogP contribution in [0.15, 0.2) is 18.2 Å². The van der Waals surface area contributed by atoms with Gasteiger partial charge in [0, 0.05) is 24.9 Å². The first-order valence-electron chi connectivity index (χ1n) is 6.91. The second-order valence-corrected chi connectivity index (χ2v) is 4.96. The zero-order valence-electron chi connectivity index (χ0n) is 11.7. The monoisotopic (exact) mass is 262 g/mol. The van der Waals surface area contributed by atoms with Crippen LogP contribution in [-0.2, 0) is 11.2 Å². The Kier molecular flexibility index (Phi) is 4.80. The number of fused-ring (bicyclic) bond motifs is 1. The molecule has 0 bridgehead atoms. The van der Waals surface area contributed by atoms with Gasteiger partial charge in [0.1, 0.15) is 0 Å². The number of methoxy groups -OCH3 is 1. The molecule has 1 aromatic carbocycles. The zero-order chi connectivity index (χ0) is 13.7. The van der Waals surface area contributed by atoms with Crippen molar-refractivity contribution >= 4 is 11.6 Å². The van der Waals surface area contributed by atoms with E-state index in [1.165, 1.54) is 5.56 Å². The lowest BCUT2D eigenvalue weighted by molar-refractivity contribution is 0.0891. The molecule has 1 aliphatic heterocycles. The van der Waals surface area contributed by atoms with Crippen LogP contribution in [0.2, 0.25) is 0 Å². The normalized spacial score (nSPS) is 14.6. The molecule has 1 heterocycles. The van der Waals surface area contributed by atoms with Crippen LogP contribution in [0.4, 0.5) is 5.69 Å². The highest BCUT2D eigenvalue weighted by Crippen LogP contribution is 2.23. The first kappa shape index (κ1) is 13.9. The maximum Gasteiger partial charge on any atom is 0.251 e. The summed E-state index contributed by atoms with van der Waals surface area (Å²) >= 11 is 0. The molecule has 0 aliphatic carbocycles. The molecular formula is C15H22N2O2. The number of amides is 1. The minimum atomic E-state index is -0.00907. The summed E-state index contributed by atoms with van der Waals surface area (Å²) in [5.41, 5.74) is 3.12. The van der Waals surface area contributed by atoms with Crippen LogP contribution in [0.25, 0.3) is 0 Å². The Morgan fingerprint density at radius 3 is 3.11 bits per heavy atom. The van der Waals surface area contributed by atoms with Crippen LogP contribution in [0, 0.1) is 0 Å². The third-order valence-electron chi connectivity index (χ3n) is 3.42. The molecule has 1 amide bonds. The molecular weight excluding hydrogens is 240 g/mol. The van der Waals surface area contributed by atoms with E-state index >= 15 is 0 Å². The summed E-state index contributed by atoms with van der Waals surface area (Å²) in [5, 5.41) is 6.34. The number of benzene rings is 1. The molecule has 2 N–H and O–H groups in total. The second kappa shape index (κ2) is 6.57. The van der Waals surface area contributed by atoms with Crippen LogP contribution in [0.5, 0.6) is 0 Å². The average molecular weight is 262 g/mol. The van der Waals surface area contributed by atoms with E-state index in [9.17, 15) is 4.79 Å². The summed E-state index contributed by atoms with van der Waals surface area (Å²) < 4.78 is 5.14. The standard InChI is InChI=1S/C15H22N2O2/c1-3-4-13(10-19-2)17-15(18)12-5-6-14-11(9-12)7-8-16-14/h5-6,9,13,16H,3-4,7-8,10H2,1-2H3,(H,17,18). The number of ether oxygens (including phenoxy) is 1. The topological polar surface area (TPSA) is 50.4 Å². The van der Waals surface area contributed by atoms with Crippen LogP contribution in [-0.4, -0.2) is 32.2 Å². The van der Waals surface area contributed by atoms with Gasteiger partial charge in [-0.25, -0.2) is 0 Å². The van der Waals surface area contributed by atoms with Crippen molar-refractivity contribution < 1.29 is 9.53 Å². The second-order valence-electron chi connectivity index (χ2n) is 4.96. The summed E-state index contributed by atoms with van der Waals surface area (Å²) in [4.78, 5) is 12.2. The van der Waals surface area contributed by atoms with E-state index in [1.54, 1.807) is 7.11 Å². The highest BCUT2D eigenvalue weighted by molar-refractivity contribution is 5.95. The smallest absolute Gasteiger partial charge is 0.251 e. The number of carbonyl (C=O) groups excluding carboxylic acids is 1.